The van der Waals surface area contributed by atoms with Crippen LogP contribution in [0.15, 0.2) is 24.3 Å². The van der Waals surface area contributed by atoms with E-state index in [9.17, 15) is 5.11 Å². The fraction of sp³-hybridized carbons (Fsp3) is 0.600. The van der Waals surface area contributed by atoms with E-state index < -0.39 is 11.4 Å². The third-order valence-electron chi connectivity index (χ3n) is 4.23. The average Bonchev–Trinajstić information content (AvgIpc) is 2.41. The Balaban J connectivity index is 2.20. The van der Waals surface area contributed by atoms with Crippen molar-refractivity contribution < 1.29 is 14.6 Å². The van der Waals surface area contributed by atoms with E-state index in [2.05, 4.69) is 0 Å². The van der Waals surface area contributed by atoms with Crippen molar-refractivity contribution >= 4 is 0 Å². The molecule has 0 bridgehead atoms. The molecule has 3 heteroatoms. The zero-order chi connectivity index (χ0) is 13.2. The summed E-state index contributed by atoms with van der Waals surface area (Å²) in [6.45, 7) is 2.04. The molecule has 0 radical (unpaired) electrons. The molecule has 0 spiro atoms. The van der Waals surface area contributed by atoms with Crippen molar-refractivity contribution in [1.29, 1.82) is 0 Å². The third-order valence-corrected chi connectivity index (χ3v) is 4.23. The minimum Gasteiger partial charge on any atom is -0.385 e. The molecule has 0 atom stereocenters. The number of aryl methyl sites for hydroxylation is 1. The fourth-order valence-electron chi connectivity index (χ4n) is 2.90. The summed E-state index contributed by atoms with van der Waals surface area (Å²) in [6, 6.07) is 8.04. The lowest BCUT2D eigenvalue weighted by Gasteiger charge is -2.42. The van der Waals surface area contributed by atoms with Crippen LogP contribution in [0.3, 0.4) is 0 Å². The summed E-state index contributed by atoms with van der Waals surface area (Å²) < 4.78 is 10.9. The van der Waals surface area contributed by atoms with Crippen LogP contribution in [0.4, 0.5) is 0 Å². The maximum atomic E-state index is 10.8. The average molecular weight is 250 g/mol. The molecular weight excluding hydrogens is 228 g/mol. The molecule has 0 unspecified atom stereocenters. The summed E-state index contributed by atoms with van der Waals surface area (Å²) in [7, 11) is 3.34. The number of rotatable bonds is 3. The standard InChI is InChI=1S/C15H22O3/c1-12-6-4-5-7-13(12)14(16)8-10-15(17-2,18-3)11-9-14/h4-7,16H,8-11H2,1-3H3. The number of benzene rings is 1. The molecule has 0 saturated heterocycles. The van der Waals surface area contributed by atoms with Crippen LogP contribution in [0.1, 0.15) is 36.8 Å². The first-order valence-electron chi connectivity index (χ1n) is 6.44. The van der Waals surface area contributed by atoms with E-state index in [4.69, 9.17) is 9.47 Å². The van der Waals surface area contributed by atoms with Crippen LogP contribution in [0.5, 0.6) is 0 Å². The number of aliphatic hydroxyl groups is 1. The SMILES string of the molecule is COC1(OC)CCC(O)(c2ccccc2C)CC1. The van der Waals surface area contributed by atoms with Crippen molar-refractivity contribution in [3.8, 4) is 0 Å². The highest BCUT2D eigenvalue weighted by molar-refractivity contribution is 5.31. The largest absolute Gasteiger partial charge is 0.385 e. The zero-order valence-electron chi connectivity index (χ0n) is 11.4. The van der Waals surface area contributed by atoms with Gasteiger partial charge < -0.3 is 14.6 Å². The van der Waals surface area contributed by atoms with Crippen molar-refractivity contribution in [3.05, 3.63) is 35.4 Å². The van der Waals surface area contributed by atoms with Gasteiger partial charge in [0.15, 0.2) is 5.79 Å². The zero-order valence-corrected chi connectivity index (χ0v) is 11.4. The van der Waals surface area contributed by atoms with Gasteiger partial charge in [-0.25, -0.2) is 0 Å². The molecule has 1 aromatic rings. The van der Waals surface area contributed by atoms with Crippen LogP contribution in [0.2, 0.25) is 0 Å². The molecule has 1 aliphatic carbocycles. The maximum absolute atomic E-state index is 10.8. The minimum atomic E-state index is -0.744. The Labute approximate surface area is 109 Å². The lowest BCUT2D eigenvalue weighted by atomic mass is 9.76. The van der Waals surface area contributed by atoms with Crippen LogP contribution in [0, 0.1) is 6.92 Å². The molecule has 1 fully saturated rings. The molecule has 0 amide bonds. The summed E-state index contributed by atoms with van der Waals surface area (Å²) >= 11 is 0. The lowest BCUT2D eigenvalue weighted by Crippen LogP contribution is -2.44. The van der Waals surface area contributed by atoms with Gasteiger partial charge in [0.1, 0.15) is 0 Å². The highest BCUT2D eigenvalue weighted by atomic mass is 16.7. The predicted octanol–water partition coefficient (Wildman–Crippen LogP) is 2.75. The number of ether oxygens (including phenoxy) is 2. The van der Waals surface area contributed by atoms with Crippen molar-refractivity contribution in [1.82, 2.24) is 0 Å². The van der Waals surface area contributed by atoms with Gasteiger partial charge in [0.25, 0.3) is 0 Å². The summed E-state index contributed by atoms with van der Waals surface area (Å²) in [5.74, 6) is -0.519. The second-order valence-electron chi connectivity index (χ2n) is 5.17. The number of hydrogen-bond donors (Lipinski definition) is 1. The summed E-state index contributed by atoms with van der Waals surface area (Å²) in [4.78, 5) is 0. The van der Waals surface area contributed by atoms with E-state index in [1.807, 2.05) is 31.2 Å². The van der Waals surface area contributed by atoms with E-state index in [0.29, 0.717) is 25.7 Å². The van der Waals surface area contributed by atoms with Gasteiger partial charge in [0, 0.05) is 27.1 Å². The third kappa shape index (κ3) is 2.30. The van der Waals surface area contributed by atoms with Crippen LogP contribution in [0.25, 0.3) is 0 Å². The summed E-state index contributed by atoms with van der Waals surface area (Å²) in [5.41, 5.74) is 1.43. The van der Waals surface area contributed by atoms with Crippen LogP contribution in [-0.2, 0) is 15.1 Å². The Morgan fingerprint density at radius 2 is 1.56 bits per heavy atom. The van der Waals surface area contributed by atoms with Gasteiger partial charge in [-0.1, -0.05) is 24.3 Å². The van der Waals surface area contributed by atoms with Crippen LogP contribution >= 0.6 is 0 Å². The fourth-order valence-corrected chi connectivity index (χ4v) is 2.90. The van der Waals surface area contributed by atoms with Gasteiger partial charge in [-0.2, -0.15) is 0 Å². The highest BCUT2D eigenvalue weighted by Gasteiger charge is 2.43. The molecule has 1 aromatic carbocycles. The molecule has 3 nitrogen and oxygen atoms in total. The molecule has 18 heavy (non-hydrogen) atoms. The Morgan fingerprint density at radius 3 is 2.06 bits per heavy atom. The van der Waals surface area contributed by atoms with Crippen LogP contribution in [-0.4, -0.2) is 25.1 Å². The molecule has 100 valence electrons. The van der Waals surface area contributed by atoms with E-state index in [1.165, 1.54) is 0 Å². The summed E-state index contributed by atoms with van der Waals surface area (Å²) in [5, 5.41) is 10.8. The topological polar surface area (TPSA) is 38.7 Å². The molecule has 1 saturated carbocycles. The van der Waals surface area contributed by atoms with Gasteiger partial charge >= 0.3 is 0 Å². The second-order valence-corrected chi connectivity index (χ2v) is 5.17. The molecule has 0 aliphatic heterocycles. The van der Waals surface area contributed by atoms with Gasteiger partial charge in [-0.15, -0.1) is 0 Å². The van der Waals surface area contributed by atoms with Crippen LogP contribution < -0.4 is 0 Å². The van der Waals surface area contributed by atoms with Crippen molar-refractivity contribution in [3.63, 3.8) is 0 Å². The first-order valence-corrected chi connectivity index (χ1v) is 6.44. The number of hydrogen-bond acceptors (Lipinski definition) is 3. The Bertz CT molecular complexity index is 400. The maximum Gasteiger partial charge on any atom is 0.167 e. The van der Waals surface area contributed by atoms with Gasteiger partial charge in [-0.05, 0) is 30.9 Å². The Kier molecular flexibility index (Phi) is 3.76. The van der Waals surface area contributed by atoms with E-state index in [0.717, 1.165) is 11.1 Å². The highest BCUT2D eigenvalue weighted by Crippen LogP contribution is 2.43. The second kappa shape index (κ2) is 5.00. The number of methoxy groups -OCH3 is 2. The van der Waals surface area contributed by atoms with Gasteiger partial charge in [0.2, 0.25) is 0 Å². The van der Waals surface area contributed by atoms with Crippen molar-refractivity contribution in [2.24, 2.45) is 0 Å². The molecule has 0 aromatic heterocycles. The first-order chi connectivity index (χ1) is 8.55. The first kappa shape index (κ1) is 13.5. The lowest BCUT2D eigenvalue weighted by molar-refractivity contribution is -0.243. The molecule has 1 aliphatic rings. The van der Waals surface area contributed by atoms with E-state index in [-0.39, 0.29) is 0 Å². The summed E-state index contributed by atoms with van der Waals surface area (Å²) in [6.07, 6.45) is 2.76. The molecule has 1 N–H and O–H groups in total. The Hall–Kier alpha value is -0.900. The Morgan fingerprint density at radius 1 is 1.00 bits per heavy atom. The van der Waals surface area contributed by atoms with Crippen molar-refractivity contribution in [2.45, 2.75) is 44.0 Å². The monoisotopic (exact) mass is 250 g/mol. The van der Waals surface area contributed by atoms with Gasteiger partial charge in [-0.3, -0.25) is 0 Å². The van der Waals surface area contributed by atoms with Gasteiger partial charge in [0.05, 0.1) is 5.60 Å². The normalized spacial score (nSPS) is 21.8. The van der Waals surface area contributed by atoms with Crippen molar-refractivity contribution in [2.75, 3.05) is 14.2 Å². The molecular formula is C15H22O3. The molecule has 2 rings (SSSR count). The quantitative estimate of drug-likeness (QED) is 0.838. The minimum absolute atomic E-state index is 0.519. The van der Waals surface area contributed by atoms with E-state index in [1.54, 1.807) is 14.2 Å². The molecule has 0 heterocycles. The predicted molar refractivity (Wildman–Crippen MR) is 70.3 cm³/mol. The smallest absolute Gasteiger partial charge is 0.167 e. The van der Waals surface area contributed by atoms with E-state index >= 15 is 0 Å².